The van der Waals surface area contributed by atoms with Crippen molar-refractivity contribution in [2.75, 3.05) is 18.0 Å². The van der Waals surface area contributed by atoms with Crippen molar-refractivity contribution in [3.05, 3.63) is 31.9 Å². The zero-order valence-corrected chi connectivity index (χ0v) is 14.7. The molecule has 0 radical (unpaired) electrons. The summed E-state index contributed by atoms with van der Waals surface area (Å²) < 4.78 is 0.936. The van der Waals surface area contributed by atoms with Crippen LogP contribution >= 0.6 is 22.6 Å². The van der Waals surface area contributed by atoms with Crippen molar-refractivity contribution >= 4 is 34.0 Å². The van der Waals surface area contributed by atoms with Crippen LogP contribution in [0, 0.1) is 13.7 Å². The lowest BCUT2D eigenvalue weighted by molar-refractivity contribution is -0.384. The number of nitro benzene ring substituents is 1. The molecule has 1 unspecified atom stereocenters. The molecule has 6 heteroatoms. The fourth-order valence-electron chi connectivity index (χ4n) is 2.75. The average molecular weight is 403 g/mol. The number of benzene rings is 1. The van der Waals surface area contributed by atoms with E-state index in [1.807, 2.05) is 6.07 Å². The summed E-state index contributed by atoms with van der Waals surface area (Å²) in [5.74, 6) is 0. The van der Waals surface area contributed by atoms with Gasteiger partial charge in [0.25, 0.3) is 5.69 Å². The van der Waals surface area contributed by atoms with Crippen molar-refractivity contribution in [3.63, 3.8) is 0 Å². The van der Waals surface area contributed by atoms with E-state index < -0.39 is 0 Å². The fourth-order valence-corrected chi connectivity index (χ4v) is 3.56. The summed E-state index contributed by atoms with van der Waals surface area (Å²) in [4.78, 5) is 12.9. The van der Waals surface area contributed by atoms with Crippen LogP contribution in [0.25, 0.3) is 0 Å². The van der Waals surface area contributed by atoms with E-state index in [0.717, 1.165) is 22.3 Å². The Kier molecular flexibility index (Phi) is 5.80. The Hall–Kier alpha value is -0.890. The summed E-state index contributed by atoms with van der Waals surface area (Å²) in [6.45, 7) is 6.38. The summed E-state index contributed by atoms with van der Waals surface area (Å²) in [5.41, 5.74) is 1.24. The highest BCUT2D eigenvalue weighted by Gasteiger charge is 2.21. The van der Waals surface area contributed by atoms with Crippen molar-refractivity contribution in [1.29, 1.82) is 0 Å². The van der Waals surface area contributed by atoms with E-state index in [1.165, 1.54) is 19.3 Å². The molecule has 1 aromatic carbocycles. The number of nitrogens with one attached hydrogen (secondary N) is 1. The largest absolute Gasteiger partial charge is 0.367 e. The van der Waals surface area contributed by atoms with Gasteiger partial charge in [0.2, 0.25) is 0 Å². The molecular formula is C15H22IN3O2. The number of piperidine rings is 1. The minimum atomic E-state index is -0.339. The Morgan fingerprint density at radius 3 is 2.76 bits per heavy atom. The molecule has 0 aliphatic carbocycles. The van der Waals surface area contributed by atoms with E-state index >= 15 is 0 Å². The highest BCUT2D eigenvalue weighted by Crippen LogP contribution is 2.29. The van der Waals surface area contributed by atoms with Gasteiger partial charge >= 0.3 is 0 Å². The first-order valence-electron chi connectivity index (χ1n) is 7.43. The van der Waals surface area contributed by atoms with Gasteiger partial charge in [-0.25, -0.2) is 0 Å². The molecule has 1 aromatic rings. The molecule has 0 amide bonds. The molecule has 1 aliphatic heterocycles. The number of nitrogens with zero attached hydrogens (tertiary/aromatic N) is 2. The predicted molar refractivity (Wildman–Crippen MR) is 93.9 cm³/mol. The Morgan fingerprint density at radius 1 is 1.48 bits per heavy atom. The zero-order valence-electron chi connectivity index (χ0n) is 12.5. The summed E-state index contributed by atoms with van der Waals surface area (Å²) >= 11 is 2.20. The van der Waals surface area contributed by atoms with E-state index in [4.69, 9.17) is 0 Å². The molecule has 1 heterocycles. The number of hydrogen-bond donors (Lipinski definition) is 1. The van der Waals surface area contributed by atoms with Crippen LogP contribution in [0.2, 0.25) is 0 Å². The van der Waals surface area contributed by atoms with Gasteiger partial charge < -0.3 is 10.2 Å². The van der Waals surface area contributed by atoms with E-state index in [1.54, 1.807) is 12.1 Å². The van der Waals surface area contributed by atoms with Gasteiger partial charge in [-0.3, -0.25) is 10.1 Å². The molecule has 1 aliphatic rings. The molecule has 1 saturated heterocycles. The summed E-state index contributed by atoms with van der Waals surface area (Å²) in [6.07, 6.45) is 3.74. The van der Waals surface area contributed by atoms with E-state index in [-0.39, 0.29) is 10.6 Å². The van der Waals surface area contributed by atoms with Crippen LogP contribution in [-0.2, 0) is 0 Å². The smallest absolute Gasteiger partial charge is 0.270 e. The number of rotatable bonds is 5. The van der Waals surface area contributed by atoms with Gasteiger partial charge in [0.15, 0.2) is 0 Å². The molecule has 5 nitrogen and oxygen atoms in total. The Labute approximate surface area is 139 Å². The van der Waals surface area contributed by atoms with Crippen LogP contribution in [0.15, 0.2) is 18.2 Å². The van der Waals surface area contributed by atoms with Gasteiger partial charge in [0, 0.05) is 34.3 Å². The normalized spacial score (nSPS) is 18.8. The molecule has 0 aromatic heterocycles. The monoisotopic (exact) mass is 403 g/mol. The maximum Gasteiger partial charge on any atom is 0.270 e. The van der Waals surface area contributed by atoms with Crippen LogP contribution in [0.1, 0.15) is 33.1 Å². The van der Waals surface area contributed by atoms with E-state index in [2.05, 4.69) is 46.7 Å². The summed E-state index contributed by atoms with van der Waals surface area (Å²) in [5, 5.41) is 14.4. The number of anilines is 1. The molecule has 1 fully saturated rings. The van der Waals surface area contributed by atoms with Crippen molar-refractivity contribution < 1.29 is 4.92 Å². The average Bonchev–Trinajstić information content (AvgIpc) is 2.46. The first-order valence-corrected chi connectivity index (χ1v) is 8.51. The Morgan fingerprint density at radius 2 is 2.24 bits per heavy atom. The summed E-state index contributed by atoms with van der Waals surface area (Å²) in [7, 11) is 0. The van der Waals surface area contributed by atoms with Crippen molar-refractivity contribution in [2.24, 2.45) is 0 Å². The Bertz CT molecular complexity index is 502. The molecule has 21 heavy (non-hydrogen) atoms. The highest BCUT2D eigenvalue weighted by atomic mass is 127. The standard InChI is InChI=1S/C15H22IN3O2/c1-11(2)18(10-12-5-3-4-8-17-12)15-7-6-13(19(20)21)9-14(15)16/h6-7,9,11-12,17H,3-5,8,10H2,1-2H3. The molecule has 0 saturated carbocycles. The maximum atomic E-state index is 10.9. The number of halogens is 1. The molecule has 0 spiro atoms. The van der Waals surface area contributed by atoms with Crippen LogP contribution in [0.3, 0.4) is 0 Å². The first-order chi connectivity index (χ1) is 9.99. The maximum absolute atomic E-state index is 10.9. The van der Waals surface area contributed by atoms with Crippen molar-refractivity contribution in [3.8, 4) is 0 Å². The molecule has 1 atom stereocenters. The number of hydrogen-bond acceptors (Lipinski definition) is 4. The SMILES string of the molecule is CC(C)N(CC1CCCCN1)c1ccc([N+](=O)[O-])cc1I. The summed E-state index contributed by atoms with van der Waals surface area (Å²) in [6, 6.07) is 6.00. The van der Waals surface area contributed by atoms with Crippen LogP contribution < -0.4 is 10.2 Å². The van der Waals surface area contributed by atoms with Gasteiger partial charge in [-0.1, -0.05) is 6.42 Å². The second-order valence-electron chi connectivity index (χ2n) is 5.79. The van der Waals surface area contributed by atoms with E-state index in [0.29, 0.717) is 12.1 Å². The molecule has 1 N–H and O–H groups in total. The predicted octanol–water partition coefficient (Wildman–Crippen LogP) is 3.56. The highest BCUT2D eigenvalue weighted by molar-refractivity contribution is 14.1. The van der Waals surface area contributed by atoms with Crippen LogP contribution in [0.4, 0.5) is 11.4 Å². The van der Waals surface area contributed by atoms with Crippen LogP contribution in [0.5, 0.6) is 0 Å². The second kappa shape index (κ2) is 7.40. The van der Waals surface area contributed by atoms with Gasteiger partial charge in [-0.15, -0.1) is 0 Å². The van der Waals surface area contributed by atoms with Crippen molar-refractivity contribution in [2.45, 2.75) is 45.2 Å². The lowest BCUT2D eigenvalue weighted by Crippen LogP contribution is -2.46. The fraction of sp³-hybridized carbons (Fsp3) is 0.600. The third kappa shape index (κ3) is 4.29. The molecule has 2 rings (SSSR count). The van der Waals surface area contributed by atoms with E-state index in [9.17, 15) is 10.1 Å². The number of non-ortho nitro benzene ring substituents is 1. The third-order valence-electron chi connectivity index (χ3n) is 3.90. The third-order valence-corrected chi connectivity index (χ3v) is 4.77. The molecular weight excluding hydrogens is 381 g/mol. The van der Waals surface area contributed by atoms with Gasteiger partial charge in [0.05, 0.1) is 10.6 Å². The zero-order chi connectivity index (χ0) is 15.4. The minimum Gasteiger partial charge on any atom is -0.367 e. The first kappa shape index (κ1) is 16.5. The number of nitro groups is 1. The van der Waals surface area contributed by atoms with Gasteiger partial charge in [-0.2, -0.15) is 0 Å². The van der Waals surface area contributed by atoms with Gasteiger partial charge in [0.1, 0.15) is 0 Å². The van der Waals surface area contributed by atoms with Crippen molar-refractivity contribution in [1.82, 2.24) is 5.32 Å². The van der Waals surface area contributed by atoms with Crippen LogP contribution in [-0.4, -0.2) is 30.1 Å². The quantitative estimate of drug-likeness (QED) is 0.464. The Balaban J connectivity index is 2.19. The molecule has 0 bridgehead atoms. The second-order valence-corrected chi connectivity index (χ2v) is 6.95. The van der Waals surface area contributed by atoms with Gasteiger partial charge in [-0.05, 0) is 61.9 Å². The minimum absolute atomic E-state index is 0.155. The topological polar surface area (TPSA) is 58.4 Å². The lowest BCUT2D eigenvalue weighted by atomic mass is 10.0. The lowest BCUT2D eigenvalue weighted by Gasteiger charge is -2.35. The molecule has 116 valence electrons.